The van der Waals surface area contributed by atoms with Gasteiger partial charge in [0.15, 0.2) is 0 Å². The van der Waals surface area contributed by atoms with Crippen molar-refractivity contribution in [1.29, 1.82) is 0 Å². The van der Waals surface area contributed by atoms with Crippen molar-refractivity contribution in [1.82, 2.24) is 4.57 Å². The molecule has 0 spiro atoms. The molecule has 0 unspecified atom stereocenters. The van der Waals surface area contributed by atoms with Crippen LogP contribution in [0.25, 0.3) is 10.9 Å². The number of aromatic nitrogens is 1. The Morgan fingerprint density at radius 2 is 1.74 bits per heavy atom. The SMILES string of the molecule is COc1ccc2c(c1C)c([Se]C(F)(F)F)c(C)n2C(=O)c1ccc(Cl)cc1. The Morgan fingerprint density at radius 3 is 2.30 bits per heavy atom. The number of halogens is 4. The quantitative estimate of drug-likeness (QED) is 0.541. The van der Waals surface area contributed by atoms with Gasteiger partial charge in [0.1, 0.15) is 0 Å². The molecule has 0 saturated heterocycles. The maximum atomic E-state index is 13.2. The van der Waals surface area contributed by atoms with Crippen LogP contribution in [0.2, 0.25) is 5.02 Å². The summed E-state index contributed by atoms with van der Waals surface area (Å²) in [4.78, 5) is 13.1. The topological polar surface area (TPSA) is 31.2 Å². The van der Waals surface area contributed by atoms with Gasteiger partial charge < -0.3 is 0 Å². The molecule has 0 N–H and O–H groups in total. The van der Waals surface area contributed by atoms with Gasteiger partial charge in [0.25, 0.3) is 0 Å². The fraction of sp³-hybridized carbons (Fsp3) is 0.211. The van der Waals surface area contributed by atoms with Crippen LogP contribution >= 0.6 is 11.6 Å². The normalized spacial score (nSPS) is 11.8. The van der Waals surface area contributed by atoms with Crippen molar-refractivity contribution in [2.75, 3.05) is 7.11 Å². The van der Waals surface area contributed by atoms with Gasteiger partial charge in [0, 0.05) is 0 Å². The average Bonchev–Trinajstić information content (AvgIpc) is 2.86. The number of ether oxygens (including phenoxy) is 1. The number of hydrogen-bond donors (Lipinski definition) is 0. The van der Waals surface area contributed by atoms with Gasteiger partial charge in [-0.1, -0.05) is 0 Å². The number of aryl methyl sites for hydroxylation is 1. The number of hydrogen-bond acceptors (Lipinski definition) is 2. The first-order chi connectivity index (χ1) is 12.6. The van der Waals surface area contributed by atoms with Crippen molar-refractivity contribution in [2.24, 2.45) is 0 Å². The third-order valence-electron chi connectivity index (χ3n) is 4.26. The van der Waals surface area contributed by atoms with Crippen molar-refractivity contribution in [3.05, 3.63) is 58.2 Å². The molecule has 142 valence electrons. The van der Waals surface area contributed by atoms with Crippen LogP contribution in [0.4, 0.5) is 13.2 Å². The molecule has 2 aromatic carbocycles. The summed E-state index contributed by atoms with van der Waals surface area (Å²) in [6, 6.07) is 9.54. The zero-order chi connectivity index (χ0) is 19.9. The first-order valence-corrected chi connectivity index (χ1v) is 9.97. The van der Waals surface area contributed by atoms with E-state index >= 15 is 0 Å². The molecule has 27 heavy (non-hydrogen) atoms. The molecule has 1 heterocycles. The summed E-state index contributed by atoms with van der Waals surface area (Å²) in [6.45, 7) is 3.25. The van der Waals surface area contributed by atoms with Gasteiger partial charge in [-0.15, -0.1) is 0 Å². The first-order valence-electron chi connectivity index (χ1n) is 7.88. The third kappa shape index (κ3) is 3.72. The number of benzene rings is 2. The monoisotopic (exact) mass is 461 g/mol. The van der Waals surface area contributed by atoms with E-state index in [1.54, 1.807) is 50.2 Å². The van der Waals surface area contributed by atoms with E-state index in [1.807, 2.05) is 0 Å². The van der Waals surface area contributed by atoms with E-state index in [0.29, 0.717) is 38.5 Å². The van der Waals surface area contributed by atoms with Gasteiger partial charge in [0.05, 0.1) is 0 Å². The predicted octanol–water partition coefficient (Wildman–Crippen LogP) is 4.46. The van der Waals surface area contributed by atoms with Gasteiger partial charge in [-0.25, -0.2) is 0 Å². The number of methoxy groups -OCH3 is 1. The van der Waals surface area contributed by atoms with Crippen molar-refractivity contribution in [3.63, 3.8) is 0 Å². The van der Waals surface area contributed by atoms with Gasteiger partial charge in [-0.2, -0.15) is 0 Å². The average molecular weight is 461 g/mol. The number of rotatable bonds is 3. The molecule has 3 aromatic rings. The summed E-state index contributed by atoms with van der Waals surface area (Å²) in [6.07, 6.45) is 0. The summed E-state index contributed by atoms with van der Waals surface area (Å²) in [5, 5.41) is -3.44. The molecule has 3 nitrogen and oxygen atoms in total. The molecule has 0 radical (unpaired) electrons. The Morgan fingerprint density at radius 1 is 1.11 bits per heavy atom. The van der Waals surface area contributed by atoms with Crippen LogP contribution in [0.3, 0.4) is 0 Å². The second-order valence-electron chi connectivity index (χ2n) is 5.90. The molecule has 0 fully saturated rings. The molecule has 0 atom stereocenters. The number of carbonyl (C=O) groups excluding carboxylic acids is 1. The van der Waals surface area contributed by atoms with Crippen LogP contribution < -0.4 is 9.20 Å². The summed E-state index contributed by atoms with van der Waals surface area (Å²) in [5.41, 5.74) is 1.66. The van der Waals surface area contributed by atoms with Gasteiger partial charge in [-0.3, -0.25) is 0 Å². The minimum atomic E-state index is -4.34. The Kier molecular flexibility index (Phi) is 5.30. The van der Waals surface area contributed by atoms with Crippen LogP contribution in [0.5, 0.6) is 5.75 Å². The number of alkyl halides is 3. The van der Waals surface area contributed by atoms with E-state index in [4.69, 9.17) is 16.3 Å². The second-order valence-corrected chi connectivity index (χ2v) is 8.59. The van der Waals surface area contributed by atoms with Crippen molar-refractivity contribution in [3.8, 4) is 5.75 Å². The molecule has 0 amide bonds. The molecule has 0 aliphatic rings. The molecule has 0 bridgehead atoms. The van der Waals surface area contributed by atoms with Crippen molar-refractivity contribution >= 4 is 47.8 Å². The van der Waals surface area contributed by atoms with E-state index in [9.17, 15) is 18.0 Å². The van der Waals surface area contributed by atoms with Crippen molar-refractivity contribution < 1.29 is 22.7 Å². The Hall–Kier alpha value is -1.95. The summed E-state index contributed by atoms with van der Waals surface area (Å²) >= 11 is 4.07. The first kappa shape index (κ1) is 19.8. The maximum absolute atomic E-state index is 13.2. The van der Waals surface area contributed by atoms with Crippen LogP contribution in [0, 0.1) is 13.8 Å². The number of carbonyl (C=O) groups is 1. The van der Waals surface area contributed by atoms with Crippen molar-refractivity contribution in [2.45, 2.75) is 18.9 Å². The predicted molar refractivity (Wildman–Crippen MR) is 101 cm³/mol. The Labute approximate surface area is 165 Å². The van der Waals surface area contributed by atoms with E-state index in [0.717, 1.165) is 0 Å². The van der Waals surface area contributed by atoms with Crippen LogP contribution in [-0.2, 0) is 0 Å². The van der Waals surface area contributed by atoms with E-state index < -0.39 is 25.9 Å². The molecular weight excluding hydrogens is 446 g/mol. The molecule has 3 rings (SSSR count). The minimum absolute atomic E-state index is 0.142. The molecule has 8 heteroatoms. The van der Waals surface area contributed by atoms with E-state index in [2.05, 4.69) is 0 Å². The van der Waals surface area contributed by atoms with Gasteiger partial charge in [-0.05, 0) is 0 Å². The number of nitrogens with zero attached hydrogens (tertiary/aromatic N) is 1. The molecular formula is C19H15ClF3NO2Se. The van der Waals surface area contributed by atoms with E-state index in [1.165, 1.54) is 11.7 Å². The second kappa shape index (κ2) is 7.23. The summed E-state index contributed by atoms with van der Waals surface area (Å²) in [7, 11) is 1.46. The number of fused-ring (bicyclic) bond motifs is 1. The zero-order valence-corrected chi connectivity index (χ0v) is 17.1. The van der Waals surface area contributed by atoms with Gasteiger partial charge in [0.2, 0.25) is 0 Å². The summed E-state index contributed by atoms with van der Waals surface area (Å²) < 4.78 is 46.4. The fourth-order valence-electron chi connectivity index (χ4n) is 3.06. The standard InChI is InChI=1S/C19H15ClF3NO2Se/c1-10-15(26-3)9-8-14-16(10)17(27-19(21,22)23)11(2)24(14)18(25)12-4-6-13(20)7-5-12/h4-9H,1-3H3. The fourth-order valence-corrected chi connectivity index (χ4v) is 4.93. The molecule has 0 aliphatic heterocycles. The van der Waals surface area contributed by atoms with Crippen LogP contribution in [0.15, 0.2) is 36.4 Å². The van der Waals surface area contributed by atoms with E-state index in [-0.39, 0.29) is 4.46 Å². The molecule has 0 saturated carbocycles. The van der Waals surface area contributed by atoms with Crippen LogP contribution in [0.1, 0.15) is 21.6 Å². The zero-order valence-electron chi connectivity index (χ0n) is 14.6. The molecule has 0 aliphatic carbocycles. The summed E-state index contributed by atoms with van der Waals surface area (Å²) in [5.74, 6) is 0.0841. The third-order valence-corrected chi connectivity index (χ3v) is 6.47. The van der Waals surface area contributed by atoms with Crippen LogP contribution in [-0.4, -0.2) is 37.6 Å². The molecule has 1 aromatic heterocycles. The Bertz CT molecular complexity index is 1030. The van der Waals surface area contributed by atoms with Gasteiger partial charge >= 0.3 is 165 Å². The Balaban J connectivity index is 2.30.